The van der Waals surface area contributed by atoms with Crippen LogP contribution in [0.2, 0.25) is 0 Å². The van der Waals surface area contributed by atoms with Gasteiger partial charge in [0.2, 0.25) is 0 Å². The fourth-order valence-corrected chi connectivity index (χ4v) is 3.24. The second-order valence-corrected chi connectivity index (χ2v) is 6.19. The molecule has 7 heteroatoms. The van der Waals surface area contributed by atoms with E-state index in [-0.39, 0.29) is 0 Å². The summed E-state index contributed by atoms with van der Waals surface area (Å²) in [6, 6.07) is 8.19. The molecule has 0 aliphatic carbocycles. The molecule has 0 aliphatic rings. The van der Waals surface area contributed by atoms with E-state index in [0.29, 0.717) is 12.4 Å². The zero-order valence-corrected chi connectivity index (χ0v) is 13.7. The molecule has 3 aromatic rings. The van der Waals surface area contributed by atoms with Gasteiger partial charge in [-0.15, -0.1) is 0 Å². The molecular formula is C16H17N5OS. The second-order valence-electron chi connectivity index (χ2n) is 5.14. The van der Waals surface area contributed by atoms with Gasteiger partial charge in [-0.25, -0.2) is 9.97 Å². The van der Waals surface area contributed by atoms with Gasteiger partial charge in [0.1, 0.15) is 17.8 Å². The van der Waals surface area contributed by atoms with Gasteiger partial charge >= 0.3 is 0 Å². The van der Waals surface area contributed by atoms with Gasteiger partial charge in [0.25, 0.3) is 5.24 Å². The predicted octanol–water partition coefficient (Wildman–Crippen LogP) is 3.00. The molecule has 1 amide bonds. The van der Waals surface area contributed by atoms with Gasteiger partial charge in [0.05, 0.1) is 5.39 Å². The highest BCUT2D eigenvalue weighted by atomic mass is 32.2. The number of hydrogen-bond donors (Lipinski definition) is 2. The van der Waals surface area contributed by atoms with Crippen LogP contribution < -0.4 is 11.1 Å². The van der Waals surface area contributed by atoms with Crippen molar-refractivity contribution >= 4 is 33.9 Å². The zero-order chi connectivity index (χ0) is 16.4. The highest BCUT2D eigenvalue weighted by Crippen LogP contribution is 2.33. The van der Waals surface area contributed by atoms with E-state index in [4.69, 9.17) is 5.73 Å². The number of hydrogen-bond acceptors (Lipinski definition) is 5. The molecule has 1 aromatic carbocycles. The number of primary amides is 1. The number of nitrogens with two attached hydrogens (primary N) is 1. The van der Waals surface area contributed by atoms with E-state index in [0.717, 1.165) is 27.7 Å². The van der Waals surface area contributed by atoms with E-state index < -0.39 is 5.24 Å². The first-order valence-corrected chi connectivity index (χ1v) is 7.95. The molecule has 23 heavy (non-hydrogen) atoms. The van der Waals surface area contributed by atoms with Crippen molar-refractivity contribution in [3.63, 3.8) is 0 Å². The van der Waals surface area contributed by atoms with Crippen molar-refractivity contribution in [2.75, 3.05) is 12.4 Å². The van der Waals surface area contributed by atoms with Crippen LogP contribution in [0.4, 0.5) is 10.6 Å². The number of benzene rings is 1. The zero-order valence-electron chi connectivity index (χ0n) is 12.9. The number of anilines is 1. The topological polar surface area (TPSA) is 85.8 Å². The van der Waals surface area contributed by atoms with E-state index >= 15 is 0 Å². The second kappa shape index (κ2) is 6.29. The van der Waals surface area contributed by atoms with Gasteiger partial charge in [-0.3, -0.25) is 4.79 Å². The number of aryl methyl sites for hydroxylation is 1. The Morgan fingerprint density at radius 3 is 2.83 bits per heavy atom. The fourth-order valence-electron chi connectivity index (χ4n) is 2.56. The monoisotopic (exact) mass is 327 g/mol. The molecule has 6 nitrogen and oxygen atoms in total. The van der Waals surface area contributed by atoms with Gasteiger partial charge in [-0.1, -0.05) is 24.3 Å². The molecule has 3 rings (SSSR count). The van der Waals surface area contributed by atoms with Gasteiger partial charge in [-0.2, -0.15) is 0 Å². The number of nitrogens with zero attached hydrogens (tertiary/aromatic N) is 3. The normalized spacial score (nSPS) is 10.9. The molecule has 3 N–H and O–H groups in total. The van der Waals surface area contributed by atoms with Crippen LogP contribution in [0, 0.1) is 6.92 Å². The maximum Gasteiger partial charge on any atom is 0.281 e. The Labute approximate surface area is 138 Å². The van der Waals surface area contributed by atoms with Crippen LogP contribution >= 0.6 is 11.8 Å². The van der Waals surface area contributed by atoms with Crippen molar-refractivity contribution in [1.29, 1.82) is 0 Å². The lowest BCUT2D eigenvalue weighted by atomic mass is 10.1. The molecule has 0 saturated heterocycles. The minimum Gasteiger partial charge on any atom is -0.372 e. The quantitative estimate of drug-likeness (QED) is 0.719. The summed E-state index contributed by atoms with van der Waals surface area (Å²) >= 11 is 0.991. The van der Waals surface area contributed by atoms with E-state index in [1.807, 2.05) is 22.9 Å². The molecule has 0 radical (unpaired) electrons. The SMILES string of the molecule is CNc1ncnc2c1c(SC(N)=O)cn2Cc1ccccc1C. The van der Waals surface area contributed by atoms with Crippen LogP contribution in [0.3, 0.4) is 0 Å². The highest BCUT2D eigenvalue weighted by Gasteiger charge is 2.17. The number of aromatic nitrogens is 3. The first-order chi connectivity index (χ1) is 11.1. The van der Waals surface area contributed by atoms with Crippen LogP contribution in [0.1, 0.15) is 11.1 Å². The van der Waals surface area contributed by atoms with Crippen molar-refractivity contribution in [3.05, 3.63) is 47.9 Å². The van der Waals surface area contributed by atoms with Crippen LogP contribution in [0.25, 0.3) is 11.0 Å². The molecule has 0 bridgehead atoms. The van der Waals surface area contributed by atoms with E-state index in [2.05, 4.69) is 34.3 Å². The third-order valence-corrected chi connectivity index (χ3v) is 4.40. The van der Waals surface area contributed by atoms with Crippen molar-refractivity contribution in [2.24, 2.45) is 5.73 Å². The number of amides is 1. The Bertz CT molecular complexity index is 874. The lowest BCUT2D eigenvalue weighted by molar-refractivity contribution is 0.267. The number of rotatable bonds is 4. The van der Waals surface area contributed by atoms with Gasteiger partial charge in [0.15, 0.2) is 0 Å². The Morgan fingerprint density at radius 2 is 2.13 bits per heavy atom. The number of thioether (sulfide) groups is 1. The average molecular weight is 327 g/mol. The molecule has 118 valence electrons. The Balaban J connectivity index is 2.14. The first kappa shape index (κ1) is 15.4. The summed E-state index contributed by atoms with van der Waals surface area (Å²) in [4.78, 5) is 20.7. The van der Waals surface area contributed by atoms with E-state index in [1.54, 1.807) is 7.05 Å². The summed E-state index contributed by atoms with van der Waals surface area (Å²) in [7, 11) is 1.79. The average Bonchev–Trinajstić information content (AvgIpc) is 2.87. The van der Waals surface area contributed by atoms with Crippen LogP contribution in [0.15, 0.2) is 41.7 Å². The number of nitrogens with one attached hydrogen (secondary N) is 1. The maximum absolute atomic E-state index is 11.3. The largest absolute Gasteiger partial charge is 0.372 e. The fraction of sp³-hybridized carbons (Fsp3) is 0.188. The summed E-state index contributed by atoms with van der Waals surface area (Å²) < 4.78 is 2.02. The van der Waals surface area contributed by atoms with Crippen molar-refractivity contribution in [3.8, 4) is 0 Å². The highest BCUT2D eigenvalue weighted by molar-refractivity contribution is 8.13. The summed E-state index contributed by atoms with van der Waals surface area (Å²) in [6.45, 7) is 2.75. The number of carbonyl (C=O) groups is 1. The summed E-state index contributed by atoms with van der Waals surface area (Å²) in [5.41, 5.74) is 8.53. The third-order valence-electron chi connectivity index (χ3n) is 3.67. The number of carbonyl (C=O) groups excluding carboxylic acids is 1. The lowest BCUT2D eigenvalue weighted by Gasteiger charge is -2.08. The molecule has 0 atom stereocenters. The minimum absolute atomic E-state index is 0.453. The molecule has 0 unspecified atom stereocenters. The Hall–Kier alpha value is -2.54. The minimum atomic E-state index is -0.453. The standard InChI is InChI=1S/C16H17N5OS/c1-10-5-3-4-6-11(10)7-21-8-12(23-16(17)22)13-14(18-2)19-9-20-15(13)21/h3-6,8-9H,7H2,1-2H3,(H2,17,22)(H,18,19,20). The van der Waals surface area contributed by atoms with Crippen LogP contribution in [-0.2, 0) is 6.54 Å². The summed E-state index contributed by atoms with van der Waals surface area (Å²) in [5.74, 6) is 0.683. The van der Waals surface area contributed by atoms with Crippen molar-refractivity contribution in [1.82, 2.24) is 14.5 Å². The smallest absolute Gasteiger partial charge is 0.281 e. The lowest BCUT2D eigenvalue weighted by Crippen LogP contribution is -2.02. The number of fused-ring (bicyclic) bond motifs is 1. The van der Waals surface area contributed by atoms with Crippen LogP contribution in [-0.4, -0.2) is 26.8 Å². The van der Waals surface area contributed by atoms with Gasteiger partial charge in [0, 0.05) is 24.7 Å². The molecule has 0 aliphatic heterocycles. The van der Waals surface area contributed by atoms with Crippen LogP contribution in [0.5, 0.6) is 0 Å². The predicted molar refractivity (Wildman–Crippen MR) is 92.8 cm³/mol. The maximum atomic E-state index is 11.3. The molecule has 0 fully saturated rings. The summed E-state index contributed by atoms with van der Waals surface area (Å²) in [6.07, 6.45) is 3.42. The van der Waals surface area contributed by atoms with E-state index in [9.17, 15) is 4.79 Å². The molecule has 2 aromatic heterocycles. The van der Waals surface area contributed by atoms with Gasteiger partial charge in [-0.05, 0) is 29.8 Å². The van der Waals surface area contributed by atoms with Gasteiger partial charge < -0.3 is 15.6 Å². The molecule has 0 spiro atoms. The molecule has 0 saturated carbocycles. The van der Waals surface area contributed by atoms with E-state index in [1.165, 1.54) is 17.5 Å². The molecule has 2 heterocycles. The van der Waals surface area contributed by atoms with Crippen molar-refractivity contribution in [2.45, 2.75) is 18.4 Å². The third kappa shape index (κ3) is 3.00. The Kier molecular flexibility index (Phi) is 4.20. The summed E-state index contributed by atoms with van der Waals surface area (Å²) in [5, 5.41) is 3.40. The molecular weight excluding hydrogens is 310 g/mol. The van der Waals surface area contributed by atoms with Crippen molar-refractivity contribution < 1.29 is 4.79 Å². The Morgan fingerprint density at radius 1 is 1.35 bits per heavy atom. The first-order valence-electron chi connectivity index (χ1n) is 7.13.